The van der Waals surface area contributed by atoms with Crippen LogP contribution in [0.15, 0.2) is 76.6 Å². The minimum Gasteiger partial charge on any atom is -0.368 e. The summed E-state index contributed by atoms with van der Waals surface area (Å²) < 4.78 is 42.6. The number of aliphatic imine (C=N–C) groups is 1. The van der Waals surface area contributed by atoms with E-state index in [1.54, 1.807) is 53.4 Å². The molecule has 1 amide bonds. The molecule has 5 rings (SSSR count). The molecule has 3 aromatic rings. The minimum atomic E-state index is -3.90. The molecule has 3 aromatic carbocycles. The van der Waals surface area contributed by atoms with Gasteiger partial charge in [-0.15, -0.1) is 0 Å². The van der Waals surface area contributed by atoms with Crippen molar-refractivity contribution in [2.45, 2.75) is 43.9 Å². The number of sulfonamides is 1. The van der Waals surface area contributed by atoms with Gasteiger partial charge in [0.2, 0.25) is 0 Å². The highest BCUT2D eigenvalue weighted by Crippen LogP contribution is 2.31. The summed E-state index contributed by atoms with van der Waals surface area (Å²) in [6.07, 6.45) is 7.70. The van der Waals surface area contributed by atoms with Crippen molar-refractivity contribution < 1.29 is 17.6 Å². The first-order valence-electron chi connectivity index (χ1n) is 13.9. The summed E-state index contributed by atoms with van der Waals surface area (Å²) in [7, 11) is -3.90. The lowest BCUT2D eigenvalue weighted by molar-refractivity contribution is 0.0747. The molecule has 1 aliphatic heterocycles. The van der Waals surface area contributed by atoms with Gasteiger partial charge in [0.15, 0.2) is 0 Å². The van der Waals surface area contributed by atoms with Crippen LogP contribution in [0.4, 0.5) is 21.5 Å². The smallest absolute Gasteiger partial charge is 0.264 e. The minimum absolute atomic E-state index is 0.105. The third-order valence-corrected chi connectivity index (χ3v) is 9.11. The van der Waals surface area contributed by atoms with Gasteiger partial charge in [-0.25, -0.2) is 12.8 Å². The summed E-state index contributed by atoms with van der Waals surface area (Å²) >= 11 is 0. The Labute approximate surface area is 235 Å². The van der Waals surface area contributed by atoms with Crippen LogP contribution in [-0.4, -0.2) is 51.6 Å². The van der Waals surface area contributed by atoms with E-state index in [1.807, 2.05) is 19.2 Å². The number of nitrogens with zero attached hydrogens (tertiary/aromatic N) is 3. The van der Waals surface area contributed by atoms with Crippen LogP contribution in [-0.2, 0) is 10.0 Å². The van der Waals surface area contributed by atoms with E-state index in [0.29, 0.717) is 49.0 Å². The fraction of sp³-hybridized carbons (Fsp3) is 0.355. The molecule has 2 aliphatic rings. The lowest BCUT2D eigenvalue weighted by atomic mass is 9.90. The Kier molecular flexibility index (Phi) is 8.49. The average Bonchev–Trinajstić information content (AvgIpc) is 2.97. The molecular formula is C31H35FN4O3S. The molecular weight excluding hydrogens is 527 g/mol. The zero-order valence-electron chi connectivity index (χ0n) is 22.7. The Morgan fingerprint density at radius 1 is 0.925 bits per heavy atom. The summed E-state index contributed by atoms with van der Waals surface area (Å²) in [6.45, 7) is 4.26. The predicted octanol–water partition coefficient (Wildman–Crippen LogP) is 6.18. The molecule has 40 heavy (non-hydrogen) atoms. The fourth-order valence-corrected chi connectivity index (χ4v) is 6.65. The van der Waals surface area contributed by atoms with Gasteiger partial charge in [-0.1, -0.05) is 31.4 Å². The van der Waals surface area contributed by atoms with Crippen molar-refractivity contribution >= 4 is 39.2 Å². The number of hydrogen-bond acceptors (Lipinski definition) is 5. The van der Waals surface area contributed by atoms with E-state index in [2.05, 4.69) is 14.6 Å². The van der Waals surface area contributed by atoms with Gasteiger partial charge < -0.3 is 9.80 Å². The van der Waals surface area contributed by atoms with Crippen molar-refractivity contribution in [1.29, 1.82) is 0 Å². The second-order valence-corrected chi connectivity index (χ2v) is 12.2. The van der Waals surface area contributed by atoms with Crippen LogP contribution in [0.1, 0.15) is 48.0 Å². The first-order valence-corrected chi connectivity index (χ1v) is 15.3. The Bertz CT molecular complexity index is 1460. The molecule has 9 heteroatoms. The molecule has 7 nitrogen and oxygen atoms in total. The lowest BCUT2D eigenvalue weighted by Gasteiger charge is -2.36. The first-order chi connectivity index (χ1) is 19.3. The SMILES string of the molecule is Cc1cccc(S(=O)(=O)Nc2ccc(C(=O)N3CCN(c4ccc(F)cc4)CC3)cc2)c1N=CC1CCCCC1. The third-order valence-electron chi connectivity index (χ3n) is 7.70. The number of anilines is 2. The maximum Gasteiger partial charge on any atom is 0.264 e. The van der Waals surface area contributed by atoms with E-state index >= 15 is 0 Å². The van der Waals surface area contributed by atoms with Crippen molar-refractivity contribution in [2.24, 2.45) is 10.9 Å². The average molecular weight is 563 g/mol. The van der Waals surface area contributed by atoms with Gasteiger partial charge in [-0.2, -0.15) is 0 Å². The van der Waals surface area contributed by atoms with E-state index < -0.39 is 10.0 Å². The number of amides is 1. The standard InChI is InChI=1S/C31H35FN4O3S/c1-23-6-5-9-29(30(23)33-22-24-7-3-2-4-8-24)40(38,39)34-27-14-10-25(11-15-27)31(37)36-20-18-35(19-21-36)28-16-12-26(32)13-17-28/h5-6,9-17,22,24,34H,2-4,7-8,18-21H2,1H3. The summed E-state index contributed by atoms with van der Waals surface area (Å²) in [6, 6.07) is 18.0. The van der Waals surface area contributed by atoms with Crippen LogP contribution in [0.25, 0.3) is 0 Å². The Hall–Kier alpha value is -3.72. The molecule has 1 N–H and O–H groups in total. The number of hydrogen-bond donors (Lipinski definition) is 1. The lowest BCUT2D eigenvalue weighted by Crippen LogP contribution is -2.48. The number of aryl methyl sites for hydroxylation is 1. The number of halogens is 1. The van der Waals surface area contributed by atoms with Crippen LogP contribution < -0.4 is 9.62 Å². The van der Waals surface area contributed by atoms with E-state index in [-0.39, 0.29) is 16.6 Å². The monoisotopic (exact) mass is 562 g/mol. The van der Waals surface area contributed by atoms with Crippen LogP contribution in [0.3, 0.4) is 0 Å². The molecule has 0 aromatic heterocycles. The maximum absolute atomic E-state index is 13.4. The fourth-order valence-electron chi connectivity index (χ4n) is 5.37. The second kappa shape index (κ2) is 12.2. The quantitative estimate of drug-likeness (QED) is 0.349. The van der Waals surface area contributed by atoms with Crippen molar-refractivity contribution in [2.75, 3.05) is 35.8 Å². The summed E-state index contributed by atoms with van der Waals surface area (Å²) in [5.41, 5.74) is 3.07. The van der Waals surface area contributed by atoms with Gasteiger partial charge in [-0.3, -0.25) is 14.5 Å². The highest BCUT2D eigenvalue weighted by Gasteiger charge is 2.24. The van der Waals surface area contributed by atoms with Gasteiger partial charge in [0.25, 0.3) is 15.9 Å². The Balaban J connectivity index is 1.23. The molecule has 0 spiro atoms. The van der Waals surface area contributed by atoms with Gasteiger partial charge >= 0.3 is 0 Å². The summed E-state index contributed by atoms with van der Waals surface area (Å²) in [5.74, 6) is 0.00445. The topological polar surface area (TPSA) is 82.1 Å². The zero-order valence-corrected chi connectivity index (χ0v) is 23.5. The third kappa shape index (κ3) is 6.53. The number of carbonyl (C=O) groups is 1. The molecule has 1 saturated heterocycles. The van der Waals surface area contributed by atoms with Crippen molar-refractivity contribution in [3.63, 3.8) is 0 Å². The van der Waals surface area contributed by atoms with Crippen LogP contribution >= 0.6 is 0 Å². The number of rotatable bonds is 7. The summed E-state index contributed by atoms with van der Waals surface area (Å²) in [5, 5.41) is 0. The highest BCUT2D eigenvalue weighted by molar-refractivity contribution is 7.92. The van der Waals surface area contributed by atoms with Crippen molar-refractivity contribution in [3.05, 3.63) is 83.7 Å². The molecule has 0 atom stereocenters. The Morgan fingerprint density at radius 3 is 2.27 bits per heavy atom. The molecule has 0 bridgehead atoms. The molecule has 2 fully saturated rings. The van der Waals surface area contributed by atoms with Gasteiger partial charge in [0.05, 0.1) is 5.69 Å². The number of nitrogens with one attached hydrogen (secondary N) is 1. The van der Waals surface area contributed by atoms with E-state index in [4.69, 9.17) is 0 Å². The molecule has 1 aliphatic carbocycles. The molecule has 1 saturated carbocycles. The van der Waals surface area contributed by atoms with Crippen molar-refractivity contribution in [1.82, 2.24) is 4.90 Å². The van der Waals surface area contributed by atoms with E-state index in [1.165, 1.54) is 31.4 Å². The molecule has 0 radical (unpaired) electrons. The second-order valence-electron chi connectivity index (χ2n) is 10.5. The van der Waals surface area contributed by atoms with Crippen molar-refractivity contribution in [3.8, 4) is 0 Å². The maximum atomic E-state index is 13.4. The van der Waals surface area contributed by atoms with Crippen LogP contribution in [0, 0.1) is 18.7 Å². The predicted molar refractivity (Wildman–Crippen MR) is 158 cm³/mol. The molecule has 210 valence electrons. The normalized spacial score (nSPS) is 16.9. The van der Waals surface area contributed by atoms with E-state index in [9.17, 15) is 17.6 Å². The van der Waals surface area contributed by atoms with Gasteiger partial charge in [-0.05, 0) is 85.8 Å². The van der Waals surface area contributed by atoms with Gasteiger partial charge in [0, 0.05) is 49.3 Å². The van der Waals surface area contributed by atoms with Crippen LogP contribution in [0.5, 0.6) is 0 Å². The van der Waals surface area contributed by atoms with E-state index in [0.717, 1.165) is 24.1 Å². The Morgan fingerprint density at radius 2 is 1.60 bits per heavy atom. The first kappa shape index (κ1) is 27.8. The number of benzene rings is 3. The van der Waals surface area contributed by atoms with Crippen LogP contribution in [0.2, 0.25) is 0 Å². The zero-order chi connectivity index (χ0) is 28.1. The summed E-state index contributed by atoms with van der Waals surface area (Å²) in [4.78, 5) is 21.8. The number of carbonyl (C=O) groups excluding carboxylic acids is 1. The highest BCUT2D eigenvalue weighted by atomic mass is 32.2. The number of piperazine rings is 1. The van der Waals surface area contributed by atoms with Gasteiger partial charge in [0.1, 0.15) is 10.7 Å². The molecule has 0 unspecified atom stereocenters. The molecule has 1 heterocycles. The largest absolute Gasteiger partial charge is 0.368 e. The number of para-hydroxylation sites is 1.